The molecule has 80 valence electrons. The van der Waals surface area contributed by atoms with E-state index < -0.39 is 0 Å². The molecule has 0 saturated heterocycles. The van der Waals surface area contributed by atoms with E-state index in [0.717, 1.165) is 10.2 Å². The maximum absolute atomic E-state index is 8.72. The smallest absolute Gasteiger partial charge is 0.0992 e. The second kappa shape index (κ2) is 6.92. The maximum Gasteiger partial charge on any atom is 0.0992 e. The van der Waals surface area contributed by atoms with Gasteiger partial charge in [-0.25, -0.2) is 0 Å². The Kier molecular flexibility index (Phi) is 5.82. The van der Waals surface area contributed by atoms with Gasteiger partial charge in [0.1, 0.15) is 0 Å². The van der Waals surface area contributed by atoms with Crippen molar-refractivity contribution >= 4 is 27.7 Å². The Hall–Kier alpha value is -0.460. The fraction of sp³-hybridized carbons (Fsp3) is 0.417. The number of nitrogens with zero attached hydrogens (tertiary/aromatic N) is 1. The van der Waals surface area contributed by atoms with Gasteiger partial charge in [-0.15, -0.1) is 11.8 Å². The van der Waals surface area contributed by atoms with Crippen LogP contribution in [0.5, 0.6) is 0 Å². The average molecular weight is 284 g/mol. The van der Waals surface area contributed by atoms with E-state index in [-0.39, 0.29) is 0 Å². The van der Waals surface area contributed by atoms with E-state index in [1.165, 1.54) is 24.2 Å². The molecule has 0 unspecified atom stereocenters. The van der Waals surface area contributed by atoms with E-state index in [1.807, 2.05) is 30.0 Å². The standard InChI is InChI=1S/C12H14BrNS/c1-2-3-4-7-15-12-6-5-10(9-14)8-11(12)13/h5-6,8H,2-4,7H2,1H3. The van der Waals surface area contributed by atoms with Crippen LogP contribution < -0.4 is 0 Å². The highest BCUT2D eigenvalue weighted by molar-refractivity contribution is 9.10. The fourth-order valence-electron chi connectivity index (χ4n) is 1.22. The Morgan fingerprint density at radius 2 is 2.20 bits per heavy atom. The molecule has 0 amide bonds. The number of benzene rings is 1. The first-order valence-electron chi connectivity index (χ1n) is 5.10. The van der Waals surface area contributed by atoms with Crippen LogP contribution in [0.2, 0.25) is 0 Å². The van der Waals surface area contributed by atoms with Crippen molar-refractivity contribution in [2.75, 3.05) is 5.75 Å². The average Bonchev–Trinajstić information content (AvgIpc) is 2.26. The molecule has 0 aliphatic carbocycles. The van der Waals surface area contributed by atoms with Gasteiger partial charge in [0.05, 0.1) is 11.6 Å². The summed E-state index contributed by atoms with van der Waals surface area (Å²) in [6.45, 7) is 2.21. The minimum absolute atomic E-state index is 0.708. The molecule has 0 saturated carbocycles. The Morgan fingerprint density at radius 3 is 2.80 bits per heavy atom. The minimum Gasteiger partial charge on any atom is -0.192 e. The van der Waals surface area contributed by atoms with Gasteiger partial charge < -0.3 is 0 Å². The highest BCUT2D eigenvalue weighted by Gasteiger charge is 2.01. The molecule has 0 spiro atoms. The van der Waals surface area contributed by atoms with Crippen molar-refractivity contribution in [2.24, 2.45) is 0 Å². The molecule has 0 aliphatic heterocycles. The summed E-state index contributed by atoms with van der Waals surface area (Å²) in [6, 6.07) is 7.89. The fourth-order valence-corrected chi connectivity index (χ4v) is 2.87. The lowest BCUT2D eigenvalue weighted by atomic mass is 10.2. The molecule has 3 heteroatoms. The van der Waals surface area contributed by atoms with Crippen LogP contribution in [-0.4, -0.2) is 5.75 Å². The summed E-state index contributed by atoms with van der Waals surface area (Å²) in [4.78, 5) is 1.23. The van der Waals surface area contributed by atoms with Gasteiger partial charge in [-0.2, -0.15) is 5.26 Å². The molecule has 1 aromatic carbocycles. The molecule has 0 N–H and O–H groups in total. The molecule has 1 nitrogen and oxygen atoms in total. The zero-order valence-corrected chi connectivity index (χ0v) is 11.2. The van der Waals surface area contributed by atoms with Crippen molar-refractivity contribution < 1.29 is 0 Å². The molecule has 15 heavy (non-hydrogen) atoms. The maximum atomic E-state index is 8.72. The van der Waals surface area contributed by atoms with Crippen molar-refractivity contribution in [3.05, 3.63) is 28.2 Å². The summed E-state index contributed by atoms with van der Waals surface area (Å²) in [7, 11) is 0. The van der Waals surface area contributed by atoms with Gasteiger partial charge in [0.15, 0.2) is 0 Å². The van der Waals surface area contributed by atoms with Gasteiger partial charge in [0.2, 0.25) is 0 Å². The highest BCUT2D eigenvalue weighted by atomic mass is 79.9. The highest BCUT2D eigenvalue weighted by Crippen LogP contribution is 2.28. The number of halogens is 1. The van der Waals surface area contributed by atoms with Crippen molar-refractivity contribution in [1.29, 1.82) is 5.26 Å². The molecule has 0 aliphatic rings. The third kappa shape index (κ3) is 4.27. The van der Waals surface area contributed by atoms with E-state index >= 15 is 0 Å². The summed E-state index contributed by atoms with van der Waals surface area (Å²) in [5, 5.41) is 8.72. The van der Waals surface area contributed by atoms with Crippen LogP contribution in [0.1, 0.15) is 31.7 Å². The monoisotopic (exact) mass is 283 g/mol. The quantitative estimate of drug-likeness (QED) is 0.582. The summed E-state index contributed by atoms with van der Waals surface area (Å²) >= 11 is 5.34. The molecule has 1 rings (SSSR count). The number of hydrogen-bond donors (Lipinski definition) is 0. The molecule has 0 aromatic heterocycles. The van der Waals surface area contributed by atoms with E-state index in [1.54, 1.807) is 0 Å². The minimum atomic E-state index is 0.708. The van der Waals surface area contributed by atoms with Crippen molar-refractivity contribution in [2.45, 2.75) is 31.1 Å². The van der Waals surface area contributed by atoms with E-state index in [2.05, 4.69) is 28.9 Å². The van der Waals surface area contributed by atoms with Gasteiger partial charge in [-0.05, 0) is 46.3 Å². The first-order valence-corrected chi connectivity index (χ1v) is 6.88. The number of hydrogen-bond acceptors (Lipinski definition) is 2. The molecule has 0 atom stereocenters. The first kappa shape index (κ1) is 12.6. The van der Waals surface area contributed by atoms with Gasteiger partial charge >= 0.3 is 0 Å². The number of thioether (sulfide) groups is 1. The van der Waals surface area contributed by atoms with Gasteiger partial charge in [-0.3, -0.25) is 0 Å². The zero-order chi connectivity index (χ0) is 11.1. The summed E-state index contributed by atoms with van der Waals surface area (Å²) in [5.74, 6) is 1.15. The Bertz CT molecular complexity index is 357. The molecule has 0 bridgehead atoms. The van der Waals surface area contributed by atoms with E-state index in [0.29, 0.717) is 5.56 Å². The summed E-state index contributed by atoms with van der Waals surface area (Å²) < 4.78 is 1.03. The predicted octanol–water partition coefficient (Wildman–Crippen LogP) is 4.60. The number of rotatable bonds is 5. The number of nitriles is 1. The van der Waals surface area contributed by atoms with Crippen molar-refractivity contribution in [1.82, 2.24) is 0 Å². The molecule has 0 heterocycles. The second-order valence-corrected chi connectivity index (χ2v) is 5.30. The lowest BCUT2D eigenvalue weighted by Crippen LogP contribution is -1.82. The van der Waals surface area contributed by atoms with Crippen LogP contribution in [0.25, 0.3) is 0 Å². The van der Waals surface area contributed by atoms with Crippen LogP contribution in [0.15, 0.2) is 27.6 Å². The van der Waals surface area contributed by atoms with Gasteiger partial charge in [0, 0.05) is 9.37 Å². The molecule has 0 fully saturated rings. The van der Waals surface area contributed by atoms with Gasteiger partial charge in [0.25, 0.3) is 0 Å². The zero-order valence-electron chi connectivity index (χ0n) is 8.79. The van der Waals surface area contributed by atoms with Crippen LogP contribution in [0, 0.1) is 11.3 Å². The SMILES string of the molecule is CCCCCSc1ccc(C#N)cc1Br. The largest absolute Gasteiger partial charge is 0.192 e. The van der Waals surface area contributed by atoms with Crippen molar-refractivity contribution in [3.8, 4) is 6.07 Å². The number of unbranched alkanes of at least 4 members (excludes halogenated alkanes) is 2. The third-order valence-corrected chi connectivity index (χ3v) is 4.14. The molecular weight excluding hydrogens is 270 g/mol. The lowest BCUT2D eigenvalue weighted by Gasteiger charge is -2.03. The predicted molar refractivity (Wildman–Crippen MR) is 69.1 cm³/mol. The molecular formula is C12H14BrNS. The Morgan fingerprint density at radius 1 is 1.40 bits per heavy atom. The molecule has 0 radical (unpaired) electrons. The van der Waals surface area contributed by atoms with Crippen LogP contribution in [0.3, 0.4) is 0 Å². The van der Waals surface area contributed by atoms with Crippen LogP contribution >= 0.6 is 27.7 Å². The second-order valence-electron chi connectivity index (χ2n) is 3.31. The topological polar surface area (TPSA) is 23.8 Å². The third-order valence-electron chi connectivity index (χ3n) is 2.07. The molecule has 1 aromatic rings. The summed E-state index contributed by atoms with van der Waals surface area (Å²) in [6.07, 6.45) is 3.81. The first-order chi connectivity index (χ1) is 7.27. The Balaban J connectivity index is 2.52. The summed E-state index contributed by atoms with van der Waals surface area (Å²) in [5.41, 5.74) is 0.708. The van der Waals surface area contributed by atoms with E-state index in [4.69, 9.17) is 5.26 Å². The van der Waals surface area contributed by atoms with Gasteiger partial charge in [-0.1, -0.05) is 19.8 Å². The lowest BCUT2D eigenvalue weighted by molar-refractivity contribution is 0.778. The Labute approximate surface area is 104 Å². The van der Waals surface area contributed by atoms with Crippen molar-refractivity contribution in [3.63, 3.8) is 0 Å². The van der Waals surface area contributed by atoms with Crippen LogP contribution in [0.4, 0.5) is 0 Å². The van der Waals surface area contributed by atoms with Crippen LogP contribution in [-0.2, 0) is 0 Å². The van der Waals surface area contributed by atoms with E-state index in [9.17, 15) is 0 Å². The normalized spacial score (nSPS) is 9.93.